The van der Waals surface area contributed by atoms with Crippen molar-refractivity contribution in [1.29, 1.82) is 0 Å². The van der Waals surface area contributed by atoms with Gasteiger partial charge in [-0.05, 0) is 38.1 Å². The zero-order valence-electron chi connectivity index (χ0n) is 16.0. The second-order valence-electron chi connectivity index (χ2n) is 5.59. The van der Waals surface area contributed by atoms with E-state index in [0.29, 0.717) is 30.4 Å². The molecule has 0 aromatic heterocycles. The van der Waals surface area contributed by atoms with Crippen LogP contribution < -0.4 is 20.1 Å². The van der Waals surface area contributed by atoms with Crippen molar-refractivity contribution in [3.05, 3.63) is 53.1 Å². The highest BCUT2D eigenvalue weighted by molar-refractivity contribution is 6.33. The molecule has 0 atom stereocenters. The molecule has 0 saturated carbocycles. The molecule has 2 aromatic carbocycles. The zero-order valence-corrected chi connectivity index (χ0v) is 16.7. The summed E-state index contributed by atoms with van der Waals surface area (Å²) in [5.74, 6) is -0.548. The molecule has 0 aliphatic rings. The largest absolute Gasteiger partial charge is 0.490 e. The maximum Gasteiger partial charge on any atom is 0.340 e. The van der Waals surface area contributed by atoms with Gasteiger partial charge < -0.3 is 19.5 Å². The predicted molar refractivity (Wildman–Crippen MR) is 108 cm³/mol. The van der Waals surface area contributed by atoms with Crippen molar-refractivity contribution < 1.29 is 28.6 Å². The minimum Gasteiger partial charge on any atom is -0.490 e. The molecule has 0 spiro atoms. The van der Waals surface area contributed by atoms with Crippen molar-refractivity contribution in [1.82, 2.24) is 5.32 Å². The molecule has 0 unspecified atom stereocenters. The summed E-state index contributed by atoms with van der Waals surface area (Å²) in [7, 11) is 0. The van der Waals surface area contributed by atoms with E-state index in [4.69, 9.17) is 25.8 Å². The molecule has 29 heavy (non-hydrogen) atoms. The molecule has 0 saturated heterocycles. The summed E-state index contributed by atoms with van der Waals surface area (Å²) in [4.78, 5) is 35.8. The maximum absolute atomic E-state index is 12.0. The quantitative estimate of drug-likeness (QED) is 0.632. The van der Waals surface area contributed by atoms with Crippen LogP contribution in [-0.2, 0) is 9.53 Å². The van der Waals surface area contributed by atoms with Gasteiger partial charge in [-0.1, -0.05) is 23.7 Å². The first-order chi connectivity index (χ1) is 13.9. The summed E-state index contributed by atoms with van der Waals surface area (Å²) in [6.07, 6.45) is 0. The Balaban J connectivity index is 1.88. The summed E-state index contributed by atoms with van der Waals surface area (Å²) in [6.45, 7) is 3.93. The van der Waals surface area contributed by atoms with E-state index in [2.05, 4.69) is 10.6 Å². The van der Waals surface area contributed by atoms with Gasteiger partial charge in [-0.15, -0.1) is 0 Å². The van der Waals surface area contributed by atoms with E-state index in [1.165, 1.54) is 12.1 Å². The van der Waals surface area contributed by atoms with Gasteiger partial charge in [0.15, 0.2) is 18.1 Å². The highest BCUT2D eigenvalue weighted by Crippen LogP contribution is 2.30. The third kappa shape index (κ3) is 6.69. The number of amides is 3. The minimum absolute atomic E-state index is 0.129. The number of halogens is 1. The molecule has 0 bridgehead atoms. The van der Waals surface area contributed by atoms with E-state index >= 15 is 0 Å². The molecule has 2 N–H and O–H groups in total. The van der Waals surface area contributed by atoms with Crippen LogP contribution in [0.3, 0.4) is 0 Å². The van der Waals surface area contributed by atoms with Gasteiger partial charge in [0.1, 0.15) is 0 Å². The smallest absolute Gasteiger partial charge is 0.340 e. The Kier molecular flexibility index (Phi) is 8.29. The van der Waals surface area contributed by atoms with E-state index in [1.807, 2.05) is 13.8 Å². The molecular weight excluding hydrogens is 400 g/mol. The predicted octanol–water partition coefficient (Wildman–Crippen LogP) is 3.64. The van der Waals surface area contributed by atoms with Crippen LogP contribution in [-0.4, -0.2) is 37.7 Å². The van der Waals surface area contributed by atoms with Gasteiger partial charge in [-0.25, -0.2) is 9.59 Å². The molecular formula is C20H21ClN2O6. The Hall–Kier alpha value is -3.26. The molecule has 0 radical (unpaired) electrons. The third-order valence-electron chi connectivity index (χ3n) is 3.48. The Morgan fingerprint density at radius 1 is 0.966 bits per heavy atom. The number of anilines is 1. The first-order valence-electron chi connectivity index (χ1n) is 8.86. The van der Waals surface area contributed by atoms with Gasteiger partial charge in [0, 0.05) is 11.8 Å². The number of nitrogens with one attached hydrogen (secondary N) is 2. The summed E-state index contributed by atoms with van der Waals surface area (Å²) in [5, 5.41) is 4.78. The summed E-state index contributed by atoms with van der Waals surface area (Å²) >= 11 is 5.89. The van der Waals surface area contributed by atoms with Crippen molar-refractivity contribution in [3.63, 3.8) is 0 Å². The first kappa shape index (κ1) is 22.0. The van der Waals surface area contributed by atoms with Crippen LogP contribution in [0.15, 0.2) is 42.5 Å². The topological polar surface area (TPSA) is 103 Å². The van der Waals surface area contributed by atoms with Crippen LogP contribution in [0.5, 0.6) is 11.5 Å². The van der Waals surface area contributed by atoms with Crippen LogP contribution in [0, 0.1) is 0 Å². The number of imide groups is 1. The Morgan fingerprint density at radius 2 is 1.66 bits per heavy atom. The standard InChI is InChI=1S/C20H21ClN2O6/c1-3-27-16-10-9-13(11-17(16)28-4-2)22-20(26)23-18(24)12-29-19(25)14-7-5-6-8-15(14)21/h5-11H,3-4,12H2,1-2H3,(H2,22,23,24,26). The van der Waals surface area contributed by atoms with Gasteiger partial charge in [0.05, 0.1) is 23.8 Å². The molecule has 0 aliphatic heterocycles. The highest BCUT2D eigenvalue weighted by Gasteiger charge is 2.15. The van der Waals surface area contributed by atoms with Crippen molar-refractivity contribution in [3.8, 4) is 11.5 Å². The van der Waals surface area contributed by atoms with E-state index in [-0.39, 0.29) is 10.6 Å². The van der Waals surface area contributed by atoms with Gasteiger partial charge in [0.25, 0.3) is 5.91 Å². The molecule has 3 amide bonds. The lowest BCUT2D eigenvalue weighted by Gasteiger charge is -2.13. The molecule has 0 fully saturated rings. The molecule has 8 nitrogen and oxygen atoms in total. The minimum atomic E-state index is -0.793. The number of urea groups is 1. The number of benzene rings is 2. The molecule has 0 heterocycles. The second kappa shape index (κ2) is 10.9. The molecule has 154 valence electrons. The summed E-state index contributed by atoms with van der Waals surface area (Å²) < 4.78 is 15.8. The normalized spacial score (nSPS) is 10.0. The third-order valence-corrected chi connectivity index (χ3v) is 3.81. The molecule has 0 aliphatic carbocycles. The van der Waals surface area contributed by atoms with E-state index < -0.39 is 24.5 Å². The first-order valence-corrected chi connectivity index (χ1v) is 9.24. The zero-order chi connectivity index (χ0) is 21.2. The highest BCUT2D eigenvalue weighted by atomic mass is 35.5. The van der Waals surface area contributed by atoms with Crippen LogP contribution in [0.25, 0.3) is 0 Å². The van der Waals surface area contributed by atoms with Crippen LogP contribution >= 0.6 is 11.6 Å². The number of hydrogen-bond donors (Lipinski definition) is 2. The average molecular weight is 421 g/mol. The van der Waals surface area contributed by atoms with Gasteiger partial charge in [-0.2, -0.15) is 0 Å². The maximum atomic E-state index is 12.0. The van der Waals surface area contributed by atoms with Crippen molar-refractivity contribution in [2.45, 2.75) is 13.8 Å². The number of carbonyl (C=O) groups is 3. The fraction of sp³-hybridized carbons (Fsp3) is 0.250. The van der Waals surface area contributed by atoms with Crippen LogP contribution in [0.1, 0.15) is 24.2 Å². The molecule has 2 rings (SSSR count). The van der Waals surface area contributed by atoms with Crippen molar-refractivity contribution >= 4 is 35.2 Å². The van der Waals surface area contributed by atoms with Crippen LogP contribution in [0.2, 0.25) is 5.02 Å². The number of ether oxygens (including phenoxy) is 3. The van der Waals surface area contributed by atoms with E-state index in [1.54, 1.807) is 30.3 Å². The lowest BCUT2D eigenvalue weighted by molar-refractivity contribution is -0.123. The average Bonchev–Trinajstić information content (AvgIpc) is 2.68. The Bertz CT molecular complexity index is 887. The number of carbonyl (C=O) groups excluding carboxylic acids is 3. The fourth-order valence-electron chi connectivity index (χ4n) is 2.29. The number of esters is 1. The van der Waals surface area contributed by atoms with Crippen molar-refractivity contribution in [2.24, 2.45) is 0 Å². The van der Waals surface area contributed by atoms with Gasteiger partial charge >= 0.3 is 12.0 Å². The Morgan fingerprint density at radius 3 is 2.34 bits per heavy atom. The monoisotopic (exact) mass is 420 g/mol. The van der Waals surface area contributed by atoms with Crippen LogP contribution in [0.4, 0.5) is 10.5 Å². The van der Waals surface area contributed by atoms with E-state index in [0.717, 1.165) is 0 Å². The van der Waals surface area contributed by atoms with E-state index in [9.17, 15) is 14.4 Å². The SMILES string of the molecule is CCOc1ccc(NC(=O)NC(=O)COC(=O)c2ccccc2Cl)cc1OCC. The molecule has 9 heteroatoms. The number of rotatable bonds is 8. The van der Waals surface area contributed by atoms with Crippen molar-refractivity contribution in [2.75, 3.05) is 25.1 Å². The molecule has 2 aromatic rings. The summed E-state index contributed by atoms with van der Waals surface area (Å²) in [6, 6.07) is 10.3. The fourth-order valence-corrected chi connectivity index (χ4v) is 2.50. The van der Waals surface area contributed by atoms with Gasteiger partial charge in [0.2, 0.25) is 0 Å². The lowest BCUT2D eigenvalue weighted by Crippen LogP contribution is -2.37. The number of hydrogen-bond acceptors (Lipinski definition) is 6. The van der Waals surface area contributed by atoms with Gasteiger partial charge in [-0.3, -0.25) is 10.1 Å². The Labute approximate surface area is 173 Å². The second-order valence-corrected chi connectivity index (χ2v) is 5.99. The summed E-state index contributed by atoms with van der Waals surface area (Å²) in [5.41, 5.74) is 0.527. The lowest BCUT2D eigenvalue weighted by atomic mass is 10.2.